The van der Waals surface area contributed by atoms with E-state index >= 15 is 0 Å². The van der Waals surface area contributed by atoms with Crippen LogP contribution in [-0.4, -0.2) is 59.2 Å². The molecule has 0 aliphatic carbocycles. The van der Waals surface area contributed by atoms with Crippen LogP contribution < -0.4 is 27.1 Å². The molecule has 37 heavy (non-hydrogen) atoms. The number of hydrogen-bond donors (Lipinski definition) is 7. The van der Waals surface area contributed by atoms with Crippen LogP contribution in [0.1, 0.15) is 36.2 Å². The van der Waals surface area contributed by atoms with Crippen molar-refractivity contribution in [2.45, 2.75) is 19.4 Å². The molecule has 0 fully saturated rings. The molecular formula is C22H25F2N11O2. The van der Waals surface area contributed by atoms with Gasteiger partial charge in [0.2, 0.25) is 11.9 Å². The summed E-state index contributed by atoms with van der Waals surface area (Å²) in [5.74, 6) is -2.15. The highest BCUT2D eigenvalue weighted by atomic mass is 19.1. The Hall–Kier alpha value is -5.00. The number of primary amides is 1. The number of benzene rings is 1. The fraction of sp³-hybridized carbons (Fsp3) is 0.273. The van der Waals surface area contributed by atoms with Gasteiger partial charge < -0.3 is 32.5 Å². The number of rotatable bonds is 13. The van der Waals surface area contributed by atoms with Gasteiger partial charge in [0.15, 0.2) is 5.82 Å². The number of hydrogen-bond acceptors (Lipinski definition) is 10. The van der Waals surface area contributed by atoms with Gasteiger partial charge >= 0.3 is 6.03 Å². The lowest BCUT2D eigenvalue weighted by molar-refractivity contribution is -0.117. The number of nitrogens with two attached hydrogens (primary N) is 1. The molecular weight excluding hydrogens is 488 g/mol. The number of halogens is 2. The number of nitrogens with zero attached hydrogens (tertiary/aromatic N) is 4. The van der Waals surface area contributed by atoms with Crippen molar-refractivity contribution in [1.82, 2.24) is 26.0 Å². The van der Waals surface area contributed by atoms with Crippen LogP contribution in [0.3, 0.4) is 0 Å². The molecule has 0 saturated heterocycles. The molecule has 0 aliphatic rings. The predicted octanol–water partition coefficient (Wildman–Crippen LogP) is 0.937. The van der Waals surface area contributed by atoms with Gasteiger partial charge in [0, 0.05) is 19.5 Å². The molecule has 2 aromatic rings. The molecule has 194 valence electrons. The lowest BCUT2D eigenvalue weighted by Crippen LogP contribution is -2.40. The van der Waals surface area contributed by atoms with Gasteiger partial charge in [-0.3, -0.25) is 10.2 Å². The summed E-state index contributed by atoms with van der Waals surface area (Å²) in [6.07, 6.45) is 2.02. The smallest absolute Gasteiger partial charge is 0.315 e. The highest BCUT2D eigenvalue weighted by molar-refractivity contribution is 6.45. The number of carbonyl (C=O) groups is 2. The van der Waals surface area contributed by atoms with Crippen molar-refractivity contribution in [2.75, 3.05) is 25.0 Å². The third-order valence-corrected chi connectivity index (χ3v) is 4.65. The zero-order valence-corrected chi connectivity index (χ0v) is 19.7. The first-order valence-corrected chi connectivity index (χ1v) is 10.8. The van der Waals surface area contributed by atoms with E-state index in [0.717, 1.165) is 18.5 Å². The van der Waals surface area contributed by atoms with E-state index in [1.165, 1.54) is 19.1 Å². The third kappa shape index (κ3) is 8.94. The van der Waals surface area contributed by atoms with E-state index in [9.17, 15) is 18.4 Å². The molecule has 1 heterocycles. The topological polar surface area (TPSA) is 218 Å². The maximum Gasteiger partial charge on any atom is 0.315 e. The standard InChI is InChI=1S/C22H25F2N11O2/c1-12(35-32-11-18(27)36)19(28)20-16(24)10-31-21(34-20)29-4-5-30-22(37)33-17(2-3-25)14-6-13(9-26)7-15(23)8-14/h3,6-8,10,17,25,28,32H,2,4-5,11H2,1H3,(H2,27,36)(H,29,31,34)(H2,30,33,37)/b25-3?,28-19?,35-12-/t17-/m0/s1. The molecule has 0 spiro atoms. The first-order chi connectivity index (χ1) is 17.6. The summed E-state index contributed by atoms with van der Waals surface area (Å²) < 4.78 is 27.9. The normalized spacial score (nSPS) is 11.6. The van der Waals surface area contributed by atoms with Crippen molar-refractivity contribution in [3.63, 3.8) is 0 Å². The monoisotopic (exact) mass is 513 g/mol. The van der Waals surface area contributed by atoms with Gasteiger partial charge in [-0.1, -0.05) is 0 Å². The third-order valence-electron chi connectivity index (χ3n) is 4.65. The van der Waals surface area contributed by atoms with Crippen molar-refractivity contribution >= 4 is 35.5 Å². The Kier molecular flexibility index (Phi) is 10.5. The zero-order valence-electron chi connectivity index (χ0n) is 19.7. The van der Waals surface area contributed by atoms with Crippen LogP contribution in [0, 0.1) is 33.8 Å². The van der Waals surface area contributed by atoms with E-state index in [0.29, 0.717) is 5.56 Å². The van der Waals surface area contributed by atoms with Crippen LogP contribution in [0.25, 0.3) is 0 Å². The van der Waals surface area contributed by atoms with Crippen LogP contribution in [0.4, 0.5) is 19.5 Å². The number of aromatic nitrogens is 2. The molecule has 15 heteroatoms. The molecule has 1 atom stereocenters. The number of nitriles is 1. The van der Waals surface area contributed by atoms with E-state index < -0.39 is 29.6 Å². The molecule has 0 unspecified atom stereocenters. The quantitative estimate of drug-likeness (QED) is 0.117. The molecule has 1 aromatic carbocycles. The van der Waals surface area contributed by atoms with Gasteiger partial charge in [0.25, 0.3) is 0 Å². The minimum Gasteiger partial charge on any atom is -0.368 e. The number of amides is 3. The van der Waals surface area contributed by atoms with E-state index in [1.807, 2.05) is 6.07 Å². The Morgan fingerprint density at radius 3 is 2.73 bits per heavy atom. The molecule has 3 amide bonds. The Labute approximate surface area is 210 Å². The van der Waals surface area contributed by atoms with Crippen molar-refractivity contribution in [1.29, 1.82) is 16.1 Å². The SMILES string of the molecule is C/C(=N/NCC(N)=O)C(=N)c1nc(NCCNC(=O)N[C@@H](CC=N)c2cc(F)cc(C#N)c2)ncc1F. The fourth-order valence-electron chi connectivity index (χ4n) is 2.92. The second-order valence-electron chi connectivity index (χ2n) is 7.47. The minimum absolute atomic E-state index is 0.00766. The maximum atomic E-state index is 14.2. The first kappa shape index (κ1) is 28.2. The summed E-state index contributed by atoms with van der Waals surface area (Å²) in [6.45, 7) is 1.38. The van der Waals surface area contributed by atoms with Gasteiger partial charge in [0.05, 0.1) is 29.6 Å². The molecule has 0 aliphatic heterocycles. The van der Waals surface area contributed by atoms with E-state index in [-0.39, 0.29) is 54.7 Å². The number of hydrazone groups is 1. The van der Waals surface area contributed by atoms with Crippen LogP contribution in [0.5, 0.6) is 0 Å². The summed E-state index contributed by atoms with van der Waals surface area (Å²) in [4.78, 5) is 30.8. The van der Waals surface area contributed by atoms with Gasteiger partial charge in [-0.05, 0) is 36.9 Å². The molecule has 2 rings (SSSR count). The lowest BCUT2D eigenvalue weighted by Gasteiger charge is -2.18. The van der Waals surface area contributed by atoms with Crippen LogP contribution in [-0.2, 0) is 4.79 Å². The Bertz CT molecular complexity index is 1240. The van der Waals surface area contributed by atoms with Crippen LogP contribution in [0.15, 0.2) is 29.5 Å². The van der Waals surface area contributed by atoms with E-state index in [4.69, 9.17) is 21.8 Å². The minimum atomic E-state index is -0.855. The van der Waals surface area contributed by atoms with E-state index in [2.05, 4.69) is 36.4 Å². The van der Waals surface area contributed by atoms with Gasteiger partial charge in [0.1, 0.15) is 23.8 Å². The number of nitrogens with one attached hydrogen (secondary N) is 6. The van der Waals surface area contributed by atoms with Crippen molar-refractivity contribution < 1.29 is 18.4 Å². The summed E-state index contributed by atoms with van der Waals surface area (Å²) in [5, 5.41) is 36.2. The summed E-state index contributed by atoms with van der Waals surface area (Å²) in [5.41, 5.74) is 7.17. The maximum absolute atomic E-state index is 14.2. The van der Waals surface area contributed by atoms with Crippen molar-refractivity contribution in [3.05, 3.63) is 52.9 Å². The molecule has 0 saturated carbocycles. The van der Waals surface area contributed by atoms with Gasteiger partial charge in [-0.25, -0.2) is 23.5 Å². The zero-order chi connectivity index (χ0) is 27.4. The summed E-state index contributed by atoms with van der Waals surface area (Å²) >= 11 is 0. The number of anilines is 1. The molecule has 8 N–H and O–H groups in total. The Morgan fingerprint density at radius 1 is 1.30 bits per heavy atom. The second-order valence-corrected chi connectivity index (χ2v) is 7.47. The van der Waals surface area contributed by atoms with E-state index in [1.54, 1.807) is 0 Å². The lowest BCUT2D eigenvalue weighted by atomic mass is 10.0. The first-order valence-electron chi connectivity index (χ1n) is 10.8. The van der Waals surface area contributed by atoms with Gasteiger partial charge in [-0.15, -0.1) is 0 Å². The largest absolute Gasteiger partial charge is 0.368 e. The van der Waals surface area contributed by atoms with Crippen LogP contribution in [0.2, 0.25) is 0 Å². The average Bonchev–Trinajstić information content (AvgIpc) is 2.86. The fourth-order valence-corrected chi connectivity index (χ4v) is 2.92. The van der Waals surface area contributed by atoms with Crippen LogP contribution >= 0.6 is 0 Å². The average molecular weight is 514 g/mol. The van der Waals surface area contributed by atoms with Gasteiger partial charge in [-0.2, -0.15) is 10.4 Å². The Morgan fingerprint density at radius 2 is 2.05 bits per heavy atom. The Balaban J connectivity index is 1.93. The molecule has 0 bridgehead atoms. The predicted molar refractivity (Wildman–Crippen MR) is 131 cm³/mol. The highest BCUT2D eigenvalue weighted by Crippen LogP contribution is 2.19. The molecule has 13 nitrogen and oxygen atoms in total. The number of carbonyl (C=O) groups excluding carboxylic acids is 2. The highest BCUT2D eigenvalue weighted by Gasteiger charge is 2.17. The molecule has 0 radical (unpaired) electrons. The number of urea groups is 1. The van der Waals surface area contributed by atoms with Crippen molar-refractivity contribution in [3.8, 4) is 6.07 Å². The summed E-state index contributed by atoms with van der Waals surface area (Å²) in [7, 11) is 0. The summed E-state index contributed by atoms with van der Waals surface area (Å²) in [6, 6.07) is 4.18. The molecule has 1 aromatic heterocycles. The van der Waals surface area contributed by atoms with Crippen molar-refractivity contribution in [2.24, 2.45) is 10.8 Å². The second kappa shape index (κ2) is 13.8.